The van der Waals surface area contributed by atoms with Crippen LogP contribution >= 0.6 is 0 Å². The van der Waals surface area contributed by atoms with E-state index in [-0.39, 0.29) is 24.7 Å². The second-order valence-electron chi connectivity index (χ2n) is 4.48. The molecule has 2 rings (SSSR count). The van der Waals surface area contributed by atoms with Crippen molar-refractivity contribution in [1.82, 2.24) is 9.88 Å². The van der Waals surface area contributed by atoms with Gasteiger partial charge in [-0.25, -0.2) is 4.39 Å². The number of rotatable bonds is 5. The second-order valence-corrected chi connectivity index (χ2v) is 4.48. The second kappa shape index (κ2) is 5.73. The Hall–Kier alpha value is -2.37. The van der Waals surface area contributed by atoms with E-state index in [2.05, 4.69) is 4.98 Å². The Kier molecular flexibility index (Phi) is 4.02. The molecule has 0 fully saturated rings. The minimum atomic E-state index is -1.04. The molecule has 0 aliphatic heterocycles. The molecule has 0 unspecified atom stereocenters. The van der Waals surface area contributed by atoms with E-state index in [1.54, 1.807) is 19.2 Å². The fourth-order valence-electron chi connectivity index (χ4n) is 2.12. The Labute approximate surface area is 115 Å². The standard InChI is InChI=1S/C14H15FN2O3/c1-2-17(8-14(19)20)13(18)5-9-7-16-12-6-10(15)3-4-11(9)12/h3-4,6-7,16H,2,5,8H2,1H3,(H,19,20). The van der Waals surface area contributed by atoms with Crippen LogP contribution in [0.4, 0.5) is 4.39 Å². The smallest absolute Gasteiger partial charge is 0.323 e. The Balaban J connectivity index is 2.19. The number of likely N-dealkylation sites (N-methyl/N-ethyl adjacent to an activating group) is 1. The van der Waals surface area contributed by atoms with E-state index < -0.39 is 5.97 Å². The quantitative estimate of drug-likeness (QED) is 0.875. The molecule has 20 heavy (non-hydrogen) atoms. The van der Waals surface area contributed by atoms with E-state index in [1.165, 1.54) is 17.0 Å². The monoisotopic (exact) mass is 278 g/mol. The van der Waals surface area contributed by atoms with E-state index in [4.69, 9.17) is 5.11 Å². The molecule has 0 bridgehead atoms. The van der Waals surface area contributed by atoms with Gasteiger partial charge in [-0.2, -0.15) is 0 Å². The maximum atomic E-state index is 13.1. The van der Waals surface area contributed by atoms with E-state index in [1.807, 2.05) is 0 Å². The number of fused-ring (bicyclic) bond motifs is 1. The molecule has 0 spiro atoms. The van der Waals surface area contributed by atoms with Crippen molar-refractivity contribution in [3.8, 4) is 0 Å². The largest absolute Gasteiger partial charge is 0.480 e. The predicted molar refractivity (Wildman–Crippen MR) is 71.9 cm³/mol. The molecule has 106 valence electrons. The highest BCUT2D eigenvalue weighted by Crippen LogP contribution is 2.20. The van der Waals surface area contributed by atoms with Gasteiger partial charge in [-0.3, -0.25) is 9.59 Å². The van der Waals surface area contributed by atoms with Gasteiger partial charge in [-0.1, -0.05) is 0 Å². The normalized spacial score (nSPS) is 10.7. The van der Waals surface area contributed by atoms with Crippen LogP contribution in [-0.2, 0) is 16.0 Å². The first-order chi connectivity index (χ1) is 9.51. The third-order valence-electron chi connectivity index (χ3n) is 3.13. The molecule has 2 aromatic rings. The van der Waals surface area contributed by atoms with Crippen LogP contribution in [0.1, 0.15) is 12.5 Å². The molecule has 1 heterocycles. The number of hydrogen-bond donors (Lipinski definition) is 2. The fraction of sp³-hybridized carbons (Fsp3) is 0.286. The summed E-state index contributed by atoms with van der Waals surface area (Å²) in [6.07, 6.45) is 1.74. The number of aromatic amines is 1. The molecule has 0 saturated heterocycles. The number of carbonyl (C=O) groups is 2. The molecule has 0 saturated carbocycles. The predicted octanol–water partition coefficient (Wildman–Crippen LogP) is 1.78. The number of benzene rings is 1. The van der Waals surface area contributed by atoms with Crippen LogP contribution in [0.5, 0.6) is 0 Å². The van der Waals surface area contributed by atoms with Crippen LogP contribution in [0, 0.1) is 5.82 Å². The number of carbonyl (C=O) groups excluding carboxylic acids is 1. The maximum Gasteiger partial charge on any atom is 0.323 e. The maximum absolute atomic E-state index is 13.1. The lowest BCUT2D eigenvalue weighted by atomic mass is 10.1. The van der Waals surface area contributed by atoms with Crippen molar-refractivity contribution in [2.75, 3.05) is 13.1 Å². The molecule has 0 aliphatic carbocycles. The van der Waals surface area contributed by atoms with Crippen molar-refractivity contribution in [2.24, 2.45) is 0 Å². The molecule has 0 aliphatic rings. The summed E-state index contributed by atoms with van der Waals surface area (Å²) in [7, 11) is 0. The molecule has 6 heteroatoms. The van der Waals surface area contributed by atoms with Crippen LogP contribution in [0.25, 0.3) is 10.9 Å². The average Bonchev–Trinajstić information content (AvgIpc) is 2.77. The van der Waals surface area contributed by atoms with Crippen molar-refractivity contribution >= 4 is 22.8 Å². The van der Waals surface area contributed by atoms with Gasteiger partial charge in [0.15, 0.2) is 0 Å². The van der Waals surface area contributed by atoms with Crippen molar-refractivity contribution in [2.45, 2.75) is 13.3 Å². The number of nitrogens with one attached hydrogen (secondary N) is 1. The van der Waals surface area contributed by atoms with Gasteiger partial charge in [-0.05, 0) is 30.7 Å². The molecule has 5 nitrogen and oxygen atoms in total. The lowest BCUT2D eigenvalue weighted by Gasteiger charge is -2.18. The molecule has 0 radical (unpaired) electrons. The van der Waals surface area contributed by atoms with Crippen LogP contribution in [-0.4, -0.2) is 40.0 Å². The van der Waals surface area contributed by atoms with Crippen LogP contribution in [0.2, 0.25) is 0 Å². The molecule has 1 amide bonds. The first kappa shape index (κ1) is 14.0. The lowest BCUT2D eigenvalue weighted by molar-refractivity contribution is -0.144. The highest BCUT2D eigenvalue weighted by molar-refractivity contribution is 5.90. The summed E-state index contributed by atoms with van der Waals surface area (Å²) >= 11 is 0. The summed E-state index contributed by atoms with van der Waals surface area (Å²) in [6, 6.07) is 4.30. The van der Waals surface area contributed by atoms with Crippen molar-refractivity contribution in [3.63, 3.8) is 0 Å². The SMILES string of the molecule is CCN(CC(=O)O)C(=O)Cc1c[nH]c2cc(F)ccc12. The van der Waals surface area contributed by atoms with Crippen molar-refractivity contribution in [3.05, 3.63) is 35.8 Å². The summed E-state index contributed by atoms with van der Waals surface area (Å²) in [5, 5.41) is 9.52. The first-order valence-electron chi connectivity index (χ1n) is 6.26. The number of H-pyrrole nitrogens is 1. The molecule has 1 aromatic heterocycles. The van der Waals surface area contributed by atoms with Gasteiger partial charge in [0.05, 0.1) is 6.42 Å². The first-order valence-corrected chi connectivity index (χ1v) is 6.26. The molecular formula is C14H15FN2O3. The van der Waals surface area contributed by atoms with E-state index in [0.29, 0.717) is 12.1 Å². The zero-order valence-electron chi connectivity index (χ0n) is 11.0. The minimum absolute atomic E-state index is 0.0900. The van der Waals surface area contributed by atoms with Crippen LogP contribution < -0.4 is 0 Å². The van der Waals surface area contributed by atoms with Crippen LogP contribution in [0.3, 0.4) is 0 Å². The van der Waals surface area contributed by atoms with Gasteiger partial charge in [0.25, 0.3) is 0 Å². The van der Waals surface area contributed by atoms with Crippen molar-refractivity contribution in [1.29, 1.82) is 0 Å². The summed E-state index contributed by atoms with van der Waals surface area (Å²) < 4.78 is 13.1. The van der Waals surface area contributed by atoms with Gasteiger partial charge >= 0.3 is 5.97 Å². The number of carboxylic acid groups (broad SMARTS) is 1. The summed E-state index contributed by atoms with van der Waals surface area (Å²) in [4.78, 5) is 26.9. The molecule has 0 atom stereocenters. The number of hydrogen-bond acceptors (Lipinski definition) is 2. The fourth-order valence-corrected chi connectivity index (χ4v) is 2.12. The third kappa shape index (κ3) is 2.96. The molecule has 1 aromatic carbocycles. The summed E-state index contributed by atoms with van der Waals surface area (Å²) in [5.41, 5.74) is 1.35. The van der Waals surface area contributed by atoms with Crippen LogP contribution in [0.15, 0.2) is 24.4 Å². The average molecular weight is 278 g/mol. The third-order valence-corrected chi connectivity index (χ3v) is 3.13. The lowest BCUT2D eigenvalue weighted by Crippen LogP contribution is -2.36. The topological polar surface area (TPSA) is 73.4 Å². The number of aromatic nitrogens is 1. The number of halogens is 1. The number of nitrogens with zero attached hydrogens (tertiary/aromatic N) is 1. The Morgan fingerprint density at radius 1 is 1.40 bits per heavy atom. The number of aliphatic carboxylic acids is 1. The number of carboxylic acids is 1. The van der Waals surface area contributed by atoms with Crippen molar-refractivity contribution < 1.29 is 19.1 Å². The van der Waals surface area contributed by atoms with Gasteiger partial charge in [0.1, 0.15) is 12.4 Å². The van der Waals surface area contributed by atoms with Gasteiger partial charge < -0.3 is 15.0 Å². The van der Waals surface area contributed by atoms with E-state index >= 15 is 0 Å². The Morgan fingerprint density at radius 3 is 2.80 bits per heavy atom. The number of amides is 1. The van der Waals surface area contributed by atoms with E-state index in [0.717, 1.165) is 10.9 Å². The molecule has 2 N–H and O–H groups in total. The highest BCUT2D eigenvalue weighted by atomic mass is 19.1. The Bertz CT molecular complexity index is 651. The minimum Gasteiger partial charge on any atom is -0.480 e. The Morgan fingerprint density at radius 2 is 2.15 bits per heavy atom. The van der Waals surface area contributed by atoms with Gasteiger partial charge in [-0.15, -0.1) is 0 Å². The zero-order valence-corrected chi connectivity index (χ0v) is 11.0. The summed E-state index contributed by atoms with van der Waals surface area (Å²) in [6.45, 7) is 1.75. The summed E-state index contributed by atoms with van der Waals surface area (Å²) in [5.74, 6) is -1.65. The zero-order chi connectivity index (χ0) is 14.7. The highest BCUT2D eigenvalue weighted by Gasteiger charge is 2.17. The molecular weight excluding hydrogens is 263 g/mol. The van der Waals surface area contributed by atoms with E-state index in [9.17, 15) is 14.0 Å². The van der Waals surface area contributed by atoms with Gasteiger partial charge in [0, 0.05) is 23.6 Å². The van der Waals surface area contributed by atoms with Gasteiger partial charge in [0.2, 0.25) is 5.91 Å².